The van der Waals surface area contributed by atoms with Gasteiger partial charge in [0.2, 0.25) is 0 Å². The highest BCUT2D eigenvalue weighted by Gasteiger charge is 2.16. The van der Waals surface area contributed by atoms with Crippen molar-refractivity contribution in [3.05, 3.63) is 0 Å². The van der Waals surface area contributed by atoms with Gasteiger partial charge in [-0.15, -0.1) is 6.42 Å². The lowest BCUT2D eigenvalue weighted by Crippen LogP contribution is -2.32. The fourth-order valence-corrected chi connectivity index (χ4v) is 0.521. The molecule has 2 unspecified atom stereocenters. The van der Waals surface area contributed by atoms with Crippen LogP contribution >= 0.6 is 0 Å². The van der Waals surface area contributed by atoms with Crippen molar-refractivity contribution in [2.24, 2.45) is 11.5 Å². The van der Waals surface area contributed by atoms with Crippen LogP contribution < -0.4 is 11.5 Å². The third kappa shape index (κ3) is 5.54. The van der Waals surface area contributed by atoms with E-state index in [1.54, 1.807) is 0 Å². The molecule has 0 heterocycles. The Bertz CT molecular complexity index is 132. The second kappa shape index (κ2) is 3.55. The molecule has 10 heavy (non-hydrogen) atoms. The van der Waals surface area contributed by atoms with Gasteiger partial charge in [0.25, 0.3) is 0 Å². The summed E-state index contributed by atoms with van der Waals surface area (Å²) in [4.78, 5) is 0. The second-order valence-electron chi connectivity index (χ2n) is 2.59. The predicted octanol–water partition coefficient (Wildman–Crippen LogP) is 0.372. The van der Waals surface area contributed by atoms with Gasteiger partial charge in [-0.2, -0.15) is 0 Å². The first kappa shape index (κ1) is 9.41. The fourth-order valence-electron chi connectivity index (χ4n) is 0.521. The van der Waals surface area contributed by atoms with E-state index in [2.05, 4.69) is 5.92 Å². The quantitative estimate of drug-likeness (QED) is 0.444. The van der Waals surface area contributed by atoms with E-state index in [0.29, 0.717) is 6.42 Å². The van der Waals surface area contributed by atoms with Crippen molar-refractivity contribution >= 4 is 0 Å². The largest absolute Gasteiger partial charge is 0.318 e. The Kier molecular flexibility index (Phi) is 3.34. The number of rotatable bonds is 3. The van der Waals surface area contributed by atoms with E-state index in [4.69, 9.17) is 17.9 Å². The second-order valence-corrected chi connectivity index (χ2v) is 2.59. The summed E-state index contributed by atoms with van der Waals surface area (Å²) in [6, 6.07) is -0.376. The minimum atomic E-state index is -1.64. The zero-order valence-electron chi connectivity index (χ0n) is 6.10. The van der Waals surface area contributed by atoms with Gasteiger partial charge in [0.1, 0.15) is 0 Å². The maximum Gasteiger partial charge on any atom is 0.156 e. The number of terminal acetylenes is 1. The van der Waals surface area contributed by atoms with E-state index >= 15 is 0 Å². The molecule has 0 fully saturated rings. The van der Waals surface area contributed by atoms with Crippen LogP contribution in [0.5, 0.6) is 0 Å². The van der Waals surface area contributed by atoms with Gasteiger partial charge in [0.15, 0.2) is 5.79 Å². The van der Waals surface area contributed by atoms with Crippen LogP contribution in [0.1, 0.15) is 19.8 Å². The van der Waals surface area contributed by atoms with Crippen LogP contribution in [0.15, 0.2) is 0 Å². The van der Waals surface area contributed by atoms with Crippen LogP contribution in [0.4, 0.5) is 4.39 Å². The zero-order chi connectivity index (χ0) is 8.20. The molecule has 0 saturated heterocycles. The summed E-state index contributed by atoms with van der Waals surface area (Å²) in [6.45, 7) is 1.30. The van der Waals surface area contributed by atoms with Crippen LogP contribution in [0, 0.1) is 12.3 Å². The van der Waals surface area contributed by atoms with Crippen LogP contribution in [0.2, 0.25) is 0 Å². The van der Waals surface area contributed by atoms with Crippen LogP contribution in [-0.4, -0.2) is 11.8 Å². The first-order valence-electron chi connectivity index (χ1n) is 3.15. The average Bonchev–Trinajstić information content (AvgIpc) is 1.81. The Labute approximate surface area is 60.8 Å². The van der Waals surface area contributed by atoms with Crippen LogP contribution in [0.25, 0.3) is 0 Å². The number of nitrogens with two attached hydrogens (primary N) is 2. The summed E-state index contributed by atoms with van der Waals surface area (Å²) in [5.74, 6) is 0.649. The van der Waals surface area contributed by atoms with E-state index < -0.39 is 5.79 Å². The number of alkyl halides is 1. The maximum absolute atomic E-state index is 12.5. The molecule has 58 valence electrons. The molecule has 0 aliphatic rings. The van der Waals surface area contributed by atoms with E-state index in [0.717, 1.165) is 0 Å². The Morgan fingerprint density at radius 2 is 2.30 bits per heavy atom. The van der Waals surface area contributed by atoms with Gasteiger partial charge in [-0.25, -0.2) is 4.39 Å². The smallest absolute Gasteiger partial charge is 0.156 e. The van der Waals surface area contributed by atoms with Gasteiger partial charge in [-0.1, -0.05) is 5.92 Å². The molecule has 4 N–H and O–H groups in total. The standard InChI is InChI=1S/C7H13FN2/c1-3-6(9)4-5-7(2,8)10/h1,6H,4-5,9-10H2,2H3. The number of hydrogen-bond acceptors (Lipinski definition) is 2. The van der Waals surface area contributed by atoms with Crippen molar-refractivity contribution in [1.82, 2.24) is 0 Å². The highest BCUT2D eigenvalue weighted by molar-refractivity contribution is 4.96. The summed E-state index contributed by atoms with van der Waals surface area (Å²) in [6.07, 6.45) is 5.60. The number of hydrogen-bond donors (Lipinski definition) is 2. The van der Waals surface area contributed by atoms with Gasteiger partial charge < -0.3 is 5.73 Å². The molecule has 0 bridgehead atoms. The lowest BCUT2D eigenvalue weighted by Gasteiger charge is -2.14. The molecule has 0 aromatic carbocycles. The van der Waals surface area contributed by atoms with Gasteiger partial charge >= 0.3 is 0 Å². The molecule has 0 radical (unpaired) electrons. The molecular weight excluding hydrogens is 131 g/mol. The van der Waals surface area contributed by atoms with Crippen LogP contribution in [-0.2, 0) is 0 Å². The van der Waals surface area contributed by atoms with Crippen molar-refractivity contribution < 1.29 is 4.39 Å². The van der Waals surface area contributed by atoms with Gasteiger partial charge in [-0.3, -0.25) is 5.73 Å². The molecule has 0 aliphatic carbocycles. The average molecular weight is 144 g/mol. The van der Waals surface area contributed by atoms with Gasteiger partial charge in [0, 0.05) is 0 Å². The molecule has 0 aliphatic heterocycles. The minimum Gasteiger partial charge on any atom is -0.318 e. The van der Waals surface area contributed by atoms with E-state index in [1.807, 2.05) is 0 Å². The lowest BCUT2D eigenvalue weighted by atomic mass is 10.1. The molecule has 0 spiro atoms. The first-order chi connectivity index (χ1) is 4.45. The van der Waals surface area contributed by atoms with Gasteiger partial charge in [0.05, 0.1) is 6.04 Å². The van der Waals surface area contributed by atoms with Crippen molar-refractivity contribution in [2.75, 3.05) is 0 Å². The Morgan fingerprint density at radius 1 is 1.80 bits per heavy atom. The molecule has 0 aromatic rings. The molecular formula is C7H13FN2. The Balaban J connectivity index is 3.48. The summed E-state index contributed by atoms with van der Waals surface area (Å²) in [5, 5.41) is 0. The summed E-state index contributed by atoms with van der Waals surface area (Å²) in [5.41, 5.74) is 10.4. The molecule has 0 aromatic heterocycles. The highest BCUT2D eigenvalue weighted by Crippen LogP contribution is 2.10. The van der Waals surface area contributed by atoms with E-state index in [1.165, 1.54) is 6.92 Å². The van der Waals surface area contributed by atoms with Crippen molar-refractivity contribution in [3.63, 3.8) is 0 Å². The third-order valence-corrected chi connectivity index (χ3v) is 1.16. The van der Waals surface area contributed by atoms with Crippen molar-refractivity contribution in [2.45, 2.75) is 31.6 Å². The SMILES string of the molecule is C#CC(N)CCC(C)(N)F. The summed E-state index contributed by atoms with van der Waals surface area (Å²) < 4.78 is 12.5. The maximum atomic E-state index is 12.5. The normalized spacial score (nSPS) is 19.1. The first-order valence-corrected chi connectivity index (χ1v) is 3.15. The van der Waals surface area contributed by atoms with E-state index in [9.17, 15) is 4.39 Å². The fraction of sp³-hybridized carbons (Fsp3) is 0.714. The molecule has 0 saturated carbocycles. The van der Waals surface area contributed by atoms with Gasteiger partial charge in [-0.05, 0) is 19.8 Å². The van der Waals surface area contributed by atoms with Crippen molar-refractivity contribution in [3.8, 4) is 12.3 Å². The molecule has 2 nitrogen and oxygen atoms in total. The topological polar surface area (TPSA) is 52.0 Å². The molecule has 3 heteroatoms. The Hall–Kier alpha value is -0.590. The minimum absolute atomic E-state index is 0.207. The third-order valence-electron chi connectivity index (χ3n) is 1.16. The molecule has 2 atom stereocenters. The van der Waals surface area contributed by atoms with Crippen LogP contribution in [0.3, 0.4) is 0 Å². The summed E-state index contributed by atoms with van der Waals surface area (Å²) in [7, 11) is 0. The van der Waals surface area contributed by atoms with E-state index in [-0.39, 0.29) is 12.5 Å². The lowest BCUT2D eigenvalue weighted by molar-refractivity contribution is 0.179. The Morgan fingerprint density at radius 3 is 2.60 bits per heavy atom. The highest BCUT2D eigenvalue weighted by atomic mass is 19.1. The predicted molar refractivity (Wildman–Crippen MR) is 39.7 cm³/mol. The zero-order valence-corrected chi connectivity index (χ0v) is 6.10. The molecule has 0 amide bonds. The monoisotopic (exact) mass is 144 g/mol. The number of halogens is 1. The summed E-state index contributed by atoms with van der Waals surface area (Å²) >= 11 is 0. The molecule has 0 rings (SSSR count). The van der Waals surface area contributed by atoms with Crippen molar-refractivity contribution in [1.29, 1.82) is 0 Å².